The molecule has 0 aromatic carbocycles. The molecule has 12 heavy (non-hydrogen) atoms. The van der Waals surface area contributed by atoms with Crippen molar-refractivity contribution in [1.82, 2.24) is 15.8 Å². The Morgan fingerprint density at radius 2 is 2.08 bits per heavy atom. The lowest BCUT2D eigenvalue weighted by atomic mass is 10.4. The van der Waals surface area contributed by atoms with Crippen LogP contribution in [0.3, 0.4) is 0 Å². The SMILES string of the molecule is CCCN(NCCNC)C(C)=S. The number of rotatable bonds is 6. The Labute approximate surface area is 80.5 Å². The number of thiocarbonyl (C=S) groups is 1. The first kappa shape index (κ1) is 11.8. The van der Waals surface area contributed by atoms with Crippen molar-refractivity contribution in [3.05, 3.63) is 0 Å². The molecule has 0 aromatic rings. The summed E-state index contributed by atoms with van der Waals surface area (Å²) in [4.78, 5) is 0.910. The van der Waals surface area contributed by atoms with Crippen LogP contribution in [-0.2, 0) is 0 Å². The zero-order valence-electron chi connectivity index (χ0n) is 8.18. The number of hydrogen-bond donors (Lipinski definition) is 2. The van der Waals surface area contributed by atoms with Crippen molar-refractivity contribution in [2.45, 2.75) is 20.3 Å². The second kappa shape index (κ2) is 7.46. The molecule has 0 spiro atoms. The third-order valence-electron chi connectivity index (χ3n) is 1.50. The minimum Gasteiger partial charge on any atom is -0.318 e. The van der Waals surface area contributed by atoms with Gasteiger partial charge in [0.2, 0.25) is 0 Å². The Bertz CT molecular complexity index is 127. The fourth-order valence-corrected chi connectivity index (χ4v) is 1.04. The molecule has 3 nitrogen and oxygen atoms in total. The molecule has 4 heteroatoms. The molecule has 0 unspecified atom stereocenters. The van der Waals surface area contributed by atoms with Crippen LogP contribution in [0.2, 0.25) is 0 Å². The van der Waals surface area contributed by atoms with Gasteiger partial charge in [-0.2, -0.15) is 0 Å². The Balaban J connectivity index is 3.56. The fraction of sp³-hybridized carbons (Fsp3) is 0.875. The van der Waals surface area contributed by atoms with Crippen LogP contribution >= 0.6 is 12.2 Å². The highest BCUT2D eigenvalue weighted by Gasteiger charge is 2.01. The maximum absolute atomic E-state index is 5.08. The largest absolute Gasteiger partial charge is 0.318 e. The van der Waals surface area contributed by atoms with E-state index in [1.54, 1.807) is 0 Å². The molecule has 72 valence electrons. The Morgan fingerprint density at radius 1 is 1.42 bits per heavy atom. The molecule has 0 radical (unpaired) electrons. The highest BCUT2D eigenvalue weighted by molar-refractivity contribution is 7.80. The van der Waals surface area contributed by atoms with Gasteiger partial charge >= 0.3 is 0 Å². The van der Waals surface area contributed by atoms with Gasteiger partial charge in [-0.05, 0) is 20.4 Å². The van der Waals surface area contributed by atoms with Crippen molar-refractivity contribution in [2.24, 2.45) is 0 Å². The van der Waals surface area contributed by atoms with Crippen molar-refractivity contribution in [3.8, 4) is 0 Å². The first-order chi connectivity index (χ1) is 5.72. The highest BCUT2D eigenvalue weighted by Crippen LogP contribution is 1.88. The first-order valence-corrected chi connectivity index (χ1v) is 4.79. The van der Waals surface area contributed by atoms with E-state index in [1.807, 2.05) is 19.0 Å². The molecule has 0 fully saturated rings. The summed E-state index contributed by atoms with van der Waals surface area (Å²) in [6, 6.07) is 0. The highest BCUT2D eigenvalue weighted by atomic mass is 32.1. The van der Waals surface area contributed by atoms with Crippen LogP contribution in [0.4, 0.5) is 0 Å². The zero-order valence-corrected chi connectivity index (χ0v) is 9.00. The first-order valence-electron chi connectivity index (χ1n) is 4.38. The van der Waals surface area contributed by atoms with Crippen molar-refractivity contribution >= 4 is 17.2 Å². The second-order valence-corrected chi connectivity index (χ2v) is 3.27. The molecule has 0 bridgehead atoms. The van der Waals surface area contributed by atoms with E-state index in [1.165, 1.54) is 0 Å². The summed E-state index contributed by atoms with van der Waals surface area (Å²) in [7, 11) is 1.94. The quantitative estimate of drug-likeness (QED) is 0.367. The summed E-state index contributed by atoms with van der Waals surface area (Å²) in [5.74, 6) is 0. The van der Waals surface area contributed by atoms with E-state index in [2.05, 4.69) is 17.7 Å². The van der Waals surface area contributed by atoms with Crippen LogP contribution in [0.15, 0.2) is 0 Å². The third-order valence-corrected chi connectivity index (χ3v) is 1.73. The smallest absolute Gasteiger partial charge is 0.0890 e. The van der Waals surface area contributed by atoms with Crippen LogP contribution in [-0.4, -0.2) is 36.7 Å². The molecule has 2 N–H and O–H groups in total. The minimum atomic E-state index is 0.910. The molecule has 0 aliphatic heterocycles. The van der Waals surface area contributed by atoms with Gasteiger partial charge in [-0.25, -0.2) is 5.43 Å². The van der Waals surface area contributed by atoms with E-state index in [0.29, 0.717) is 0 Å². The van der Waals surface area contributed by atoms with E-state index >= 15 is 0 Å². The lowest BCUT2D eigenvalue weighted by molar-refractivity contribution is 0.312. The average Bonchev–Trinajstić information content (AvgIpc) is 2.03. The normalized spacial score (nSPS) is 9.92. The number of likely N-dealkylation sites (N-methyl/N-ethyl adjacent to an activating group) is 1. The molecule has 0 aromatic heterocycles. The number of nitrogens with zero attached hydrogens (tertiary/aromatic N) is 1. The van der Waals surface area contributed by atoms with Crippen molar-refractivity contribution in [3.63, 3.8) is 0 Å². The van der Waals surface area contributed by atoms with E-state index in [9.17, 15) is 0 Å². The fourth-order valence-electron chi connectivity index (χ4n) is 0.887. The van der Waals surface area contributed by atoms with Crippen LogP contribution in [0.25, 0.3) is 0 Å². The lowest BCUT2D eigenvalue weighted by Crippen LogP contribution is -2.43. The topological polar surface area (TPSA) is 27.3 Å². The van der Waals surface area contributed by atoms with Crippen LogP contribution in [0.5, 0.6) is 0 Å². The van der Waals surface area contributed by atoms with Gasteiger partial charge in [-0.3, -0.25) is 0 Å². The van der Waals surface area contributed by atoms with Gasteiger partial charge in [-0.15, -0.1) is 0 Å². The summed E-state index contributed by atoms with van der Waals surface area (Å²) in [6.45, 7) is 6.95. The van der Waals surface area contributed by atoms with Gasteiger partial charge in [0.1, 0.15) is 0 Å². The molecule has 0 rings (SSSR count). The van der Waals surface area contributed by atoms with E-state index < -0.39 is 0 Å². The zero-order chi connectivity index (χ0) is 9.40. The monoisotopic (exact) mass is 189 g/mol. The minimum absolute atomic E-state index is 0.910. The second-order valence-electron chi connectivity index (χ2n) is 2.68. The molecular formula is C8H19N3S. The molecule has 0 saturated carbocycles. The number of nitrogens with one attached hydrogen (secondary N) is 2. The van der Waals surface area contributed by atoms with E-state index in [4.69, 9.17) is 12.2 Å². The van der Waals surface area contributed by atoms with E-state index in [-0.39, 0.29) is 0 Å². The van der Waals surface area contributed by atoms with Crippen LogP contribution in [0.1, 0.15) is 20.3 Å². The van der Waals surface area contributed by atoms with Crippen molar-refractivity contribution < 1.29 is 0 Å². The molecule has 0 saturated heterocycles. The average molecular weight is 189 g/mol. The molecule has 0 aliphatic rings. The van der Waals surface area contributed by atoms with Crippen molar-refractivity contribution in [2.75, 3.05) is 26.7 Å². The number of hydrogen-bond acceptors (Lipinski definition) is 3. The summed E-state index contributed by atoms with van der Waals surface area (Å²) < 4.78 is 0. The Hall–Kier alpha value is -0.190. The van der Waals surface area contributed by atoms with Crippen LogP contribution < -0.4 is 10.7 Å². The van der Waals surface area contributed by atoms with E-state index in [0.717, 1.165) is 31.0 Å². The predicted molar refractivity (Wildman–Crippen MR) is 57.2 cm³/mol. The van der Waals surface area contributed by atoms with Gasteiger partial charge < -0.3 is 10.3 Å². The number of hydrazine groups is 1. The predicted octanol–water partition coefficient (Wildman–Crippen LogP) is 0.770. The maximum Gasteiger partial charge on any atom is 0.0890 e. The van der Waals surface area contributed by atoms with Crippen LogP contribution in [0, 0.1) is 0 Å². The van der Waals surface area contributed by atoms with Gasteiger partial charge in [-0.1, -0.05) is 19.1 Å². The summed E-state index contributed by atoms with van der Waals surface area (Å²) in [5.41, 5.74) is 3.25. The Kier molecular flexibility index (Phi) is 7.34. The molecular weight excluding hydrogens is 170 g/mol. The van der Waals surface area contributed by atoms with Gasteiger partial charge in [0, 0.05) is 19.6 Å². The van der Waals surface area contributed by atoms with Gasteiger partial charge in [0.05, 0.1) is 4.99 Å². The summed E-state index contributed by atoms with van der Waals surface area (Å²) >= 11 is 5.08. The Morgan fingerprint density at radius 3 is 2.50 bits per heavy atom. The van der Waals surface area contributed by atoms with Crippen molar-refractivity contribution in [1.29, 1.82) is 0 Å². The summed E-state index contributed by atoms with van der Waals surface area (Å²) in [6.07, 6.45) is 1.11. The molecule has 0 atom stereocenters. The van der Waals surface area contributed by atoms with Gasteiger partial charge in [0.15, 0.2) is 0 Å². The maximum atomic E-state index is 5.08. The standard InChI is InChI=1S/C8H19N3S/c1-4-7-11(8(2)12)10-6-5-9-3/h9-10H,4-7H2,1-3H3. The molecule has 0 amide bonds. The lowest BCUT2D eigenvalue weighted by Gasteiger charge is -2.23. The third kappa shape index (κ3) is 5.46. The van der Waals surface area contributed by atoms with Gasteiger partial charge in [0.25, 0.3) is 0 Å². The molecule has 0 aliphatic carbocycles. The molecule has 0 heterocycles. The summed E-state index contributed by atoms with van der Waals surface area (Å²) in [5, 5.41) is 5.09.